The zero-order valence-corrected chi connectivity index (χ0v) is 11.9. The molecule has 2 N–H and O–H groups in total. The van der Waals surface area contributed by atoms with Crippen LogP contribution in [0.2, 0.25) is 5.02 Å². The van der Waals surface area contributed by atoms with E-state index < -0.39 is 5.82 Å². The summed E-state index contributed by atoms with van der Waals surface area (Å²) in [6, 6.07) is 10.1. The Bertz CT molecular complexity index is 785. The number of benzene rings is 2. The summed E-state index contributed by atoms with van der Waals surface area (Å²) in [5.41, 5.74) is 7.35. The van der Waals surface area contributed by atoms with Gasteiger partial charge in [-0.2, -0.15) is 0 Å². The van der Waals surface area contributed by atoms with Gasteiger partial charge in [0.1, 0.15) is 5.52 Å². The van der Waals surface area contributed by atoms with Gasteiger partial charge in [0, 0.05) is 4.47 Å². The Morgan fingerprint density at radius 2 is 2.05 bits per heavy atom. The van der Waals surface area contributed by atoms with Crippen molar-refractivity contribution in [2.45, 2.75) is 0 Å². The van der Waals surface area contributed by atoms with E-state index in [-0.39, 0.29) is 11.5 Å². The summed E-state index contributed by atoms with van der Waals surface area (Å²) in [4.78, 5) is 4.05. The molecule has 3 nitrogen and oxygen atoms in total. The first kappa shape index (κ1) is 12.4. The standard InChI is InChI=1S/C13H8BrClFN3/c14-7-4-5-8(15)11(6-7)19-10-3-1-2-9(16)12(10)18-13(19)17/h1-6H,(H2,17,18). The lowest BCUT2D eigenvalue weighted by Crippen LogP contribution is -2.01. The fraction of sp³-hybridized carbons (Fsp3) is 0. The van der Waals surface area contributed by atoms with E-state index in [2.05, 4.69) is 20.9 Å². The second-order valence-electron chi connectivity index (χ2n) is 4.01. The largest absolute Gasteiger partial charge is 0.369 e. The minimum absolute atomic E-state index is 0.195. The monoisotopic (exact) mass is 339 g/mol. The summed E-state index contributed by atoms with van der Waals surface area (Å²) >= 11 is 9.56. The van der Waals surface area contributed by atoms with Gasteiger partial charge in [-0.05, 0) is 30.3 Å². The molecule has 0 atom stereocenters. The molecular formula is C13H8BrClFN3. The van der Waals surface area contributed by atoms with Crippen molar-refractivity contribution in [2.75, 3.05) is 5.73 Å². The van der Waals surface area contributed by atoms with E-state index >= 15 is 0 Å². The zero-order chi connectivity index (χ0) is 13.6. The van der Waals surface area contributed by atoms with Crippen LogP contribution in [-0.4, -0.2) is 9.55 Å². The maximum absolute atomic E-state index is 13.7. The van der Waals surface area contributed by atoms with Crippen molar-refractivity contribution in [1.82, 2.24) is 9.55 Å². The van der Waals surface area contributed by atoms with Crippen molar-refractivity contribution in [3.63, 3.8) is 0 Å². The fourth-order valence-electron chi connectivity index (χ4n) is 1.99. The lowest BCUT2D eigenvalue weighted by atomic mass is 10.2. The van der Waals surface area contributed by atoms with Crippen LogP contribution in [0, 0.1) is 5.82 Å². The SMILES string of the molecule is Nc1nc2c(F)cccc2n1-c1cc(Br)ccc1Cl. The normalized spacial score (nSPS) is 11.1. The first-order valence-electron chi connectivity index (χ1n) is 5.46. The Labute approximate surface area is 121 Å². The summed E-state index contributed by atoms with van der Waals surface area (Å²) in [7, 11) is 0. The van der Waals surface area contributed by atoms with Crippen LogP contribution in [-0.2, 0) is 0 Å². The van der Waals surface area contributed by atoms with Crippen molar-refractivity contribution < 1.29 is 4.39 Å². The molecule has 0 saturated heterocycles. The highest BCUT2D eigenvalue weighted by Crippen LogP contribution is 2.30. The topological polar surface area (TPSA) is 43.8 Å². The molecular weight excluding hydrogens is 333 g/mol. The lowest BCUT2D eigenvalue weighted by molar-refractivity contribution is 0.637. The average molecular weight is 341 g/mol. The van der Waals surface area contributed by atoms with Gasteiger partial charge in [-0.3, -0.25) is 4.57 Å². The van der Waals surface area contributed by atoms with Crippen LogP contribution in [0.3, 0.4) is 0 Å². The number of hydrogen-bond donors (Lipinski definition) is 1. The maximum Gasteiger partial charge on any atom is 0.206 e. The van der Waals surface area contributed by atoms with Gasteiger partial charge in [0.2, 0.25) is 5.95 Å². The minimum atomic E-state index is -0.408. The second-order valence-corrected chi connectivity index (χ2v) is 5.33. The highest BCUT2D eigenvalue weighted by atomic mass is 79.9. The van der Waals surface area contributed by atoms with Crippen molar-refractivity contribution >= 4 is 44.5 Å². The first-order chi connectivity index (χ1) is 9.08. The van der Waals surface area contributed by atoms with Crippen molar-refractivity contribution in [3.05, 3.63) is 51.7 Å². The molecule has 0 fully saturated rings. The van der Waals surface area contributed by atoms with E-state index in [0.29, 0.717) is 16.2 Å². The maximum atomic E-state index is 13.7. The van der Waals surface area contributed by atoms with Gasteiger partial charge >= 0.3 is 0 Å². The molecule has 0 spiro atoms. The lowest BCUT2D eigenvalue weighted by Gasteiger charge is -2.09. The van der Waals surface area contributed by atoms with Crippen LogP contribution < -0.4 is 5.73 Å². The van der Waals surface area contributed by atoms with E-state index in [4.69, 9.17) is 17.3 Å². The minimum Gasteiger partial charge on any atom is -0.369 e. The molecule has 3 rings (SSSR count). The molecule has 96 valence electrons. The number of nitrogens with two attached hydrogens (primary N) is 1. The van der Waals surface area contributed by atoms with E-state index in [1.54, 1.807) is 22.8 Å². The molecule has 6 heteroatoms. The molecule has 0 aliphatic rings. The molecule has 2 aromatic carbocycles. The molecule has 0 radical (unpaired) electrons. The zero-order valence-electron chi connectivity index (χ0n) is 9.57. The molecule has 0 amide bonds. The number of imidazole rings is 1. The van der Waals surface area contributed by atoms with Gasteiger partial charge < -0.3 is 5.73 Å². The molecule has 0 saturated carbocycles. The van der Waals surface area contributed by atoms with Gasteiger partial charge in [0.25, 0.3) is 0 Å². The van der Waals surface area contributed by atoms with Crippen molar-refractivity contribution in [2.24, 2.45) is 0 Å². The molecule has 1 aromatic heterocycles. The first-order valence-corrected chi connectivity index (χ1v) is 6.63. The third-order valence-electron chi connectivity index (χ3n) is 2.81. The van der Waals surface area contributed by atoms with Gasteiger partial charge in [-0.1, -0.05) is 33.6 Å². The third kappa shape index (κ3) is 1.99. The second kappa shape index (κ2) is 4.51. The van der Waals surface area contributed by atoms with Crippen LogP contribution in [0.25, 0.3) is 16.7 Å². The number of nitrogen functional groups attached to an aromatic ring is 1. The van der Waals surface area contributed by atoms with Crippen LogP contribution in [0.15, 0.2) is 40.9 Å². The summed E-state index contributed by atoms with van der Waals surface area (Å²) < 4.78 is 16.2. The Balaban J connectivity index is 2.39. The summed E-state index contributed by atoms with van der Waals surface area (Å²) in [6.45, 7) is 0. The summed E-state index contributed by atoms with van der Waals surface area (Å²) in [5, 5.41) is 0.512. The number of rotatable bonds is 1. The fourth-order valence-corrected chi connectivity index (χ4v) is 2.54. The molecule has 19 heavy (non-hydrogen) atoms. The van der Waals surface area contributed by atoms with E-state index in [9.17, 15) is 4.39 Å². The van der Waals surface area contributed by atoms with Gasteiger partial charge in [0.15, 0.2) is 5.82 Å². The van der Waals surface area contributed by atoms with E-state index in [1.807, 2.05) is 12.1 Å². The number of hydrogen-bond acceptors (Lipinski definition) is 2. The van der Waals surface area contributed by atoms with Crippen LogP contribution in [0.1, 0.15) is 0 Å². The Hall–Kier alpha value is -1.59. The number of para-hydroxylation sites is 1. The number of halogens is 3. The highest BCUT2D eigenvalue weighted by molar-refractivity contribution is 9.10. The van der Waals surface area contributed by atoms with Crippen LogP contribution in [0.5, 0.6) is 0 Å². The molecule has 0 aliphatic carbocycles. The van der Waals surface area contributed by atoms with Crippen molar-refractivity contribution in [1.29, 1.82) is 0 Å². The molecule has 0 aliphatic heterocycles. The molecule has 1 heterocycles. The number of anilines is 1. The Morgan fingerprint density at radius 1 is 1.26 bits per heavy atom. The van der Waals surface area contributed by atoms with Gasteiger partial charge in [-0.15, -0.1) is 0 Å². The third-order valence-corrected chi connectivity index (χ3v) is 3.62. The van der Waals surface area contributed by atoms with Gasteiger partial charge in [0.05, 0.1) is 16.2 Å². The van der Waals surface area contributed by atoms with Crippen molar-refractivity contribution in [3.8, 4) is 5.69 Å². The molecule has 0 unspecified atom stereocenters. The highest BCUT2D eigenvalue weighted by Gasteiger charge is 2.15. The molecule has 3 aromatic rings. The Morgan fingerprint density at radius 3 is 2.84 bits per heavy atom. The quantitative estimate of drug-likeness (QED) is 0.723. The predicted octanol–water partition coefficient (Wildman–Crippen LogP) is 4.16. The number of aromatic nitrogens is 2. The average Bonchev–Trinajstić information content (AvgIpc) is 2.70. The van der Waals surface area contributed by atoms with Gasteiger partial charge in [-0.25, -0.2) is 9.37 Å². The summed E-state index contributed by atoms with van der Waals surface area (Å²) in [5.74, 6) is -0.214. The van der Waals surface area contributed by atoms with E-state index in [0.717, 1.165) is 4.47 Å². The summed E-state index contributed by atoms with van der Waals surface area (Å²) in [6.07, 6.45) is 0. The molecule has 0 bridgehead atoms. The smallest absolute Gasteiger partial charge is 0.206 e. The van der Waals surface area contributed by atoms with E-state index in [1.165, 1.54) is 6.07 Å². The van der Waals surface area contributed by atoms with Crippen LogP contribution >= 0.6 is 27.5 Å². The number of fused-ring (bicyclic) bond motifs is 1. The van der Waals surface area contributed by atoms with Crippen LogP contribution in [0.4, 0.5) is 10.3 Å². The number of nitrogens with zero attached hydrogens (tertiary/aromatic N) is 2. The predicted molar refractivity (Wildman–Crippen MR) is 78.2 cm³/mol. The Kier molecular flexibility index (Phi) is 2.95.